The zero-order chi connectivity index (χ0) is 10.6. The Bertz CT molecular complexity index is 264. The molecule has 0 aliphatic heterocycles. The molecule has 0 aliphatic rings. The van der Waals surface area contributed by atoms with E-state index in [0.717, 1.165) is 12.2 Å². The standard InChI is InChI=1S/C13H20O/c1-5-13(3,4)11(2)14-12-9-7-6-8-10-12/h6-11H,5H2,1-4H3. The topological polar surface area (TPSA) is 9.23 Å². The first-order valence-electron chi connectivity index (χ1n) is 5.28. The zero-order valence-electron chi connectivity index (χ0n) is 9.58. The van der Waals surface area contributed by atoms with Gasteiger partial charge in [0.2, 0.25) is 0 Å². The molecule has 0 fully saturated rings. The van der Waals surface area contributed by atoms with Crippen molar-refractivity contribution in [3.8, 4) is 5.75 Å². The SMILES string of the molecule is CCC(C)(C)C(C)Oc1ccccc1. The smallest absolute Gasteiger partial charge is 0.119 e. The lowest BCUT2D eigenvalue weighted by atomic mass is 9.85. The zero-order valence-corrected chi connectivity index (χ0v) is 9.58. The molecule has 1 atom stereocenters. The first-order valence-corrected chi connectivity index (χ1v) is 5.28. The van der Waals surface area contributed by atoms with Crippen LogP contribution in [0.1, 0.15) is 34.1 Å². The van der Waals surface area contributed by atoms with Crippen LogP contribution in [0.15, 0.2) is 30.3 Å². The second kappa shape index (κ2) is 4.50. The van der Waals surface area contributed by atoms with Gasteiger partial charge in [-0.1, -0.05) is 39.0 Å². The van der Waals surface area contributed by atoms with E-state index in [1.165, 1.54) is 0 Å². The fourth-order valence-corrected chi connectivity index (χ4v) is 1.15. The van der Waals surface area contributed by atoms with Gasteiger partial charge in [0.25, 0.3) is 0 Å². The van der Waals surface area contributed by atoms with Crippen molar-refractivity contribution in [1.29, 1.82) is 0 Å². The molecule has 78 valence electrons. The summed E-state index contributed by atoms with van der Waals surface area (Å²) in [5.41, 5.74) is 0.232. The molecular formula is C13H20O. The lowest BCUT2D eigenvalue weighted by Crippen LogP contribution is -2.31. The first-order chi connectivity index (χ1) is 6.56. The van der Waals surface area contributed by atoms with E-state index in [9.17, 15) is 0 Å². The average molecular weight is 192 g/mol. The van der Waals surface area contributed by atoms with E-state index in [0.29, 0.717) is 0 Å². The monoisotopic (exact) mass is 192 g/mol. The van der Waals surface area contributed by atoms with Gasteiger partial charge in [-0.2, -0.15) is 0 Å². The molecule has 1 nitrogen and oxygen atoms in total. The fraction of sp³-hybridized carbons (Fsp3) is 0.538. The van der Waals surface area contributed by atoms with Crippen LogP contribution < -0.4 is 4.74 Å². The molecule has 0 amide bonds. The Morgan fingerprint density at radius 1 is 1.21 bits per heavy atom. The Morgan fingerprint density at radius 2 is 1.79 bits per heavy atom. The van der Waals surface area contributed by atoms with Crippen molar-refractivity contribution in [2.45, 2.75) is 40.2 Å². The maximum absolute atomic E-state index is 5.87. The molecule has 0 heterocycles. The third-order valence-electron chi connectivity index (χ3n) is 3.07. The van der Waals surface area contributed by atoms with Gasteiger partial charge in [0.1, 0.15) is 11.9 Å². The summed E-state index contributed by atoms with van der Waals surface area (Å²) in [6.07, 6.45) is 1.37. The van der Waals surface area contributed by atoms with Crippen molar-refractivity contribution in [3.63, 3.8) is 0 Å². The van der Waals surface area contributed by atoms with E-state index in [1.807, 2.05) is 30.3 Å². The maximum atomic E-state index is 5.87. The van der Waals surface area contributed by atoms with E-state index in [4.69, 9.17) is 4.74 Å². The van der Waals surface area contributed by atoms with Gasteiger partial charge in [0.15, 0.2) is 0 Å². The summed E-state index contributed by atoms with van der Waals surface area (Å²) in [6, 6.07) is 10.0. The van der Waals surface area contributed by atoms with Gasteiger partial charge in [-0.3, -0.25) is 0 Å². The molecule has 1 unspecified atom stereocenters. The fourth-order valence-electron chi connectivity index (χ4n) is 1.15. The summed E-state index contributed by atoms with van der Waals surface area (Å²) in [5.74, 6) is 0.960. The highest BCUT2D eigenvalue weighted by Gasteiger charge is 2.25. The number of hydrogen-bond donors (Lipinski definition) is 0. The summed E-state index contributed by atoms with van der Waals surface area (Å²) in [4.78, 5) is 0. The lowest BCUT2D eigenvalue weighted by molar-refractivity contribution is 0.0857. The van der Waals surface area contributed by atoms with Gasteiger partial charge in [0, 0.05) is 5.41 Å². The van der Waals surface area contributed by atoms with Crippen LogP contribution >= 0.6 is 0 Å². The normalized spacial score (nSPS) is 13.7. The van der Waals surface area contributed by atoms with Gasteiger partial charge in [0.05, 0.1) is 0 Å². The van der Waals surface area contributed by atoms with Gasteiger partial charge in [-0.25, -0.2) is 0 Å². The summed E-state index contributed by atoms with van der Waals surface area (Å²) >= 11 is 0. The van der Waals surface area contributed by atoms with E-state index in [2.05, 4.69) is 27.7 Å². The quantitative estimate of drug-likeness (QED) is 0.703. The van der Waals surface area contributed by atoms with Gasteiger partial charge in [-0.05, 0) is 25.5 Å². The number of benzene rings is 1. The van der Waals surface area contributed by atoms with Crippen molar-refractivity contribution in [1.82, 2.24) is 0 Å². The van der Waals surface area contributed by atoms with Gasteiger partial charge < -0.3 is 4.74 Å². The Balaban J connectivity index is 2.62. The van der Waals surface area contributed by atoms with Crippen molar-refractivity contribution in [2.24, 2.45) is 5.41 Å². The second-order valence-electron chi connectivity index (χ2n) is 4.42. The number of ether oxygens (including phenoxy) is 1. The Morgan fingerprint density at radius 3 is 2.29 bits per heavy atom. The van der Waals surface area contributed by atoms with E-state index in [-0.39, 0.29) is 11.5 Å². The highest BCUT2D eigenvalue weighted by Crippen LogP contribution is 2.28. The van der Waals surface area contributed by atoms with Crippen molar-refractivity contribution in [2.75, 3.05) is 0 Å². The summed E-state index contributed by atoms with van der Waals surface area (Å²) < 4.78 is 5.87. The molecular weight excluding hydrogens is 172 g/mol. The van der Waals surface area contributed by atoms with Crippen LogP contribution in [0.25, 0.3) is 0 Å². The van der Waals surface area contributed by atoms with Gasteiger partial charge >= 0.3 is 0 Å². The largest absolute Gasteiger partial charge is 0.490 e. The van der Waals surface area contributed by atoms with Crippen molar-refractivity contribution < 1.29 is 4.74 Å². The molecule has 0 bridgehead atoms. The van der Waals surface area contributed by atoms with Crippen LogP contribution in [0, 0.1) is 5.41 Å². The number of rotatable bonds is 4. The molecule has 1 rings (SSSR count). The lowest BCUT2D eigenvalue weighted by Gasteiger charge is -2.30. The predicted molar refractivity (Wildman–Crippen MR) is 60.6 cm³/mol. The van der Waals surface area contributed by atoms with E-state index in [1.54, 1.807) is 0 Å². The molecule has 1 aromatic carbocycles. The molecule has 0 N–H and O–H groups in total. The molecule has 0 aromatic heterocycles. The molecule has 0 radical (unpaired) electrons. The Hall–Kier alpha value is -0.980. The van der Waals surface area contributed by atoms with Crippen LogP contribution in [0.2, 0.25) is 0 Å². The third kappa shape index (κ3) is 2.76. The van der Waals surface area contributed by atoms with Crippen LogP contribution in [-0.2, 0) is 0 Å². The molecule has 14 heavy (non-hydrogen) atoms. The predicted octanol–water partition coefficient (Wildman–Crippen LogP) is 3.89. The summed E-state index contributed by atoms with van der Waals surface area (Å²) in [5, 5.41) is 0. The second-order valence-corrected chi connectivity index (χ2v) is 4.42. The minimum atomic E-state index is 0.232. The van der Waals surface area contributed by atoms with Crippen LogP contribution in [0.3, 0.4) is 0 Å². The van der Waals surface area contributed by atoms with E-state index >= 15 is 0 Å². The molecule has 0 aliphatic carbocycles. The van der Waals surface area contributed by atoms with Crippen molar-refractivity contribution in [3.05, 3.63) is 30.3 Å². The maximum Gasteiger partial charge on any atom is 0.119 e. The van der Waals surface area contributed by atoms with Crippen LogP contribution in [-0.4, -0.2) is 6.10 Å². The van der Waals surface area contributed by atoms with Crippen LogP contribution in [0.5, 0.6) is 5.75 Å². The van der Waals surface area contributed by atoms with Crippen molar-refractivity contribution >= 4 is 0 Å². The molecule has 0 saturated heterocycles. The highest BCUT2D eigenvalue weighted by molar-refractivity contribution is 5.21. The minimum Gasteiger partial charge on any atom is -0.490 e. The Kier molecular flexibility index (Phi) is 3.56. The highest BCUT2D eigenvalue weighted by atomic mass is 16.5. The van der Waals surface area contributed by atoms with E-state index < -0.39 is 0 Å². The molecule has 0 spiro atoms. The third-order valence-corrected chi connectivity index (χ3v) is 3.07. The summed E-state index contributed by atoms with van der Waals surface area (Å²) in [7, 11) is 0. The molecule has 1 heteroatoms. The van der Waals surface area contributed by atoms with Gasteiger partial charge in [-0.15, -0.1) is 0 Å². The average Bonchev–Trinajstić information content (AvgIpc) is 2.19. The molecule has 1 aromatic rings. The minimum absolute atomic E-state index is 0.232. The van der Waals surface area contributed by atoms with Crippen LogP contribution in [0.4, 0.5) is 0 Å². The molecule has 0 saturated carbocycles. The number of hydrogen-bond acceptors (Lipinski definition) is 1. The number of para-hydroxylation sites is 1. The first kappa shape index (κ1) is 11.1. The summed E-state index contributed by atoms with van der Waals surface area (Å²) in [6.45, 7) is 8.81. The Labute approximate surface area is 87.1 Å².